The molecule has 0 bridgehead atoms. The highest BCUT2D eigenvalue weighted by Gasteiger charge is 2.24. The van der Waals surface area contributed by atoms with Gasteiger partial charge in [-0.15, -0.1) is 0 Å². The molecular weight excluding hydrogens is 502 g/mol. The molecule has 1 unspecified atom stereocenters. The van der Waals surface area contributed by atoms with Gasteiger partial charge in [0.05, 0.1) is 18.3 Å². The summed E-state index contributed by atoms with van der Waals surface area (Å²) in [6.07, 6.45) is 11.3. The molecule has 0 radical (unpaired) electrons. The number of amides is 1. The van der Waals surface area contributed by atoms with Crippen molar-refractivity contribution in [2.75, 3.05) is 26.7 Å². The highest BCUT2D eigenvalue weighted by molar-refractivity contribution is 5.85. The van der Waals surface area contributed by atoms with E-state index in [1.807, 2.05) is 36.4 Å². The van der Waals surface area contributed by atoms with Crippen LogP contribution >= 0.6 is 0 Å². The lowest BCUT2D eigenvalue weighted by molar-refractivity contribution is -0.126. The highest BCUT2D eigenvalue weighted by atomic mass is 16.5. The van der Waals surface area contributed by atoms with Gasteiger partial charge in [0.25, 0.3) is 0 Å². The largest absolute Gasteiger partial charge is 0.492 e. The van der Waals surface area contributed by atoms with Gasteiger partial charge < -0.3 is 29.9 Å². The lowest BCUT2D eigenvalue weighted by Gasteiger charge is -2.26. The van der Waals surface area contributed by atoms with Gasteiger partial charge in [-0.3, -0.25) is 4.79 Å². The molecule has 3 rings (SSSR count). The Hall–Kier alpha value is -3.71. The Morgan fingerprint density at radius 1 is 0.950 bits per heavy atom. The summed E-state index contributed by atoms with van der Waals surface area (Å²) >= 11 is 0. The van der Waals surface area contributed by atoms with Crippen LogP contribution in [0.25, 0.3) is 0 Å². The predicted molar refractivity (Wildman–Crippen MR) is 159 cm³/mol. The summed E-state index contributed by atoms with van der Waals surface area (Å²) in [6.45, 7) is 2.64. The van der Waals surface area contributed by atoms with E-state index in [9.17, 15) is 14.4 Å². The maximum atomic E-state index is 13.3. The lowest BCUT2D eigenvalue weighted by atomic mass is 10.0. The third kappa shape index (κ3) is 11.2. The number of likely N-dealkylation sites (N-methyl/N-ethyl adjacent to an activating group) is 1. The van der Waals surface area contributed by atoms with Gasteiger partial charge in [-0.1, -0.05) is 66.7 Å². The third-order valence-electron chi connectivity index (χ3n) is 6.94. The van der Waals surface area contributed by atoms with Crippen LogP contribution in [0.4, 0.5) is 0 Å². The first-order valence-corrected chi connectivity index (χ1v) is 14.3. The van der Waals surface area contributed by atoms with Crippen LogP contribution in [0.1, 0.15) is 49.7 Å². The van der Waals surface area contributed by atoms with Crippen LogP contribution in [0, 0.1) is 0 Å². The molecule has 1 amide bonds. The minimum atomic E-state index is -0.699. The normalized spacial score (nSPS) is 14.4. The van der Waals surface area contributed by atoms with Crippen LogP contribution in [-0.4, -0.2) is 62.2 Å². The van der Waals surface area contributed by atoms with Crippen molar-refractivity contribution >= 4 is 18.5 Å². The molecule has 2 N–H and O–H groups in total. The molecule has 0 saturated carbocycles. The zero-order valence-corrected chi connectivity index (χ0v) is 23.6. The van der Waals surface area contributed by atoms with E-state index in [1.165, 1.54) is 5.56 Å². The van der Waals surface area contributed by atoms with E-state index in [0.29, 0.717) is 19.3 Å². The van der Waals surface area contributed by atoms with E-state index >= 15 is 0 Å². The van der Waals surface area contributed by atoms with Gasteiger partial charge >= 0.3 is 0 Å². The van der Waals surface area contributed by atoms with E-state index in [-0.39, 0.29) is 18.7 Å². The number of benzene rings is 2. The zero-order chi connectivity index (χ0) is 28.4. The summed E-state index contributed by atoms with van der Waals surface area (Å²) in [5.41, 5.74) is 3.17. The molecule has 0 aromatic heterocycles. The molecule has 2 atom stereocenters. The number of carbonyl (C=O) groups is 3. The molecule has 1 aliphatic rings. The van der Waals surface area contributed by atoms with Crippen LogP contribution in [0.5, 0.6) is 0 Å². The van der Waals surface area contributed by atoms with E-state index in [4.69, 9.17) is 4.74 Å². The van der Waals surface area contributed by atoms with E-state index in [1.54, 1.807) is 0 Å². The molecule has 1 aliphatic carbocycles. The smallest absolute Gasteiger partial charge is 0.243 e. The van der Waals surface area contributed by atoms with E-state index in [2.05, 4.69) is 59.0 Å². The second kappa shape index (κ2) is 17.8. The fraction of sp³-hybridized carbons (Fsp3) is 0.424. The first-order chi connectivity index (χ1) is 19.6. The van der Waals surface area contributed by atoms with Crippen molar-refractivity contribution in [1.82, 2.24) is 15.5 Å². The van der Waals surface area contributed by atoms with Crippen molar-refractivity contribution in [3.63, 3.8) is 0 Å². The number of allylic oxidation sites excluding steroid dienone is 2. The Morgan fingerprint density at radius 2 is 1.65 bits per heavy atom. The second-order valence-electron chi connectivity index (χ2n) is 10.2. The number of unbranched alkanes of at least 4 members (excludes halogenated alkanes) is 1. The number of carbonyl (C=O) groups excluding carboxylic acids is 3. The third-order valence-corrected chi connectivity index (χ3v) is 6.94. The van der Waals surface area contributed by atoms with Gasteiger partial charge in [-0.25, -0.2) is 0 Å². The van der Waals surface area contributed by atoms with Crippen LogP contribution in [0.3, 0.4) is 0 Å². The van der Waals surface area contributed by atoms with Gasteiger partial charge in [0.2, 0.25) is 5.91 Å². The van der Waals surface area contributed by atoms with Crippen LogP contribution < -0.4 is 10.6 Å². The van der Waals surface area contributed by atoms with Gasteiger partial charge in [-0.2, -0.15) is 0 Å². The van der Waals surface area contributed by atoms with Crippen LogP contribution in [0.15, 0.2) is 84.3 Å². The number of nitrogens with zero attached hydrogens (tertiary/aromatic N) is 1. The quantitative estimate of drug-likeness (QED) is 0.201. The molecule has 0 fully saturated rings. The number of nitrogens with one attached hydrogen (secondary N) is 2. The molecule has 214 valence electrons. The van der Waals surface area contributed by atoms with Crippen molar-refractivity contribution in [3.05, 3.63) is 95.4 Å². The van der Waals surface area contributed by atoms with Gasteiger partial charge in [0, 0.05) is 19.4 Å². The zero-order valence-electron chi connectivity index (χ0n) is 23.6. The summed E-state index contributed by atoms with van der Waals surface area (Å²) in [5.74, 6) is 0.485. The summed E-state index contributed by atoms with van der Waals surface area (Å²) in [5, 5.41) is 6.19. The topological polar surface area (TPSA) is 87.7 Å². The average Bonchev–Trinajstić information content (AvgIpc) is 2.99. The molecule has 7 nitrogen and oxygen atoms in total. The molecule has 2 aromatic carbocycles. The first-order valence-electron chi connectivity index (χ1n) is 14.3. The molecule has 0 aliphatic heterocycles. The summed E-state index contributed by atoms with van der Waals surface area (Å²) in [4.78, 5) is 37.9. The Labute approximate surface area is 238 Å². The molecule has 2 aromatic rings. The van der Waals surface area contributed by atoms with Gasteiger partial charge in [0.15, 0.2) is 0 Å². The van der Waals surface area contributed by atoms with Crippen molar-refractivity contribution in [3.8, 4) is 0 Å². The standard InChI is InChI=1S/C33H43N3O4/c1-36(22-20-27-13-4-2-5-14-27)21-10-11-24-40-32-19-9-8-18-30(32)35-31(25-28-15-6-3-7-16-28)33(39)34-29(26-38)17-12-23-37/h2-7,13-16,18-19,23,26,29,31,35H,8-12,17,20-22,24-25H2,1H3,(H,34,39)/t29?,31-/m1/s1. The van der Waals surface area contributed by atoms with Crippen molar-refractivity contribution < 1.29 is 19.1 Å². The maximum Gasteiger partial charge on any atom is 0.243 e. The van der Waals surface area contributed by atoms with Crippen LogP contribution in [0.2, 0.25) is 0 Å². The average molecular weight is 546 g/mol. The lowest BCUT2D eigenvalue weighted by Crippen LogP contribution is -2.49. The minimum Gasteiger partial charge on any atom is -0.492 e. The fourth-order valence-corrected chi connectivity index (χ4v) is 4.61. The van der Waals surface area contributed by atoms with Gasteiger partial charge in [-0.05, 0) is 69.3 Å². The number of ether oxygens (including phenoxy) is 1. The SMILES string of the molecule is CN(CCCCOC1=CCCC=C1N[C@H](Cc1ccccc1)C(=O)NC(C=O)CCC=O)CCc1ccccc1. The minimum absolute atomic E-state index is 0.217. The molecule has 0 spiro atoms. The Bertz CT molecular complexity index is 1100. The number of hydrogen-bond acceptors (Lipinski definition) is 6. The molecule has 0 saturated heterocycles. The molecular formula is C33H43N3O4. The van der Waals surface area contributed by atoms with Gasteiger partial charge in [0.1, 0.15) is 24.4 Å². The summed E-state index contributed by atoms with van der Waals surface area (Å²) in [7, 11) is 2.16. The predicted octanol–water partition coefficient (Wildman–Crippen LogP) is 4.38. The maximum absolute atomic E-state index is 13.3. The molecule has 40 heavy (non-hydrogen) atoms. The number of rotatable bonds is 19. The second-order valence-corrected chi connectivity index (χ2v) is 10.2. The van der Waals surface area contributed by atoms with Crippen molar-refractivity contribution in [2.24, 2.45) is 0 Å². The number of aldehydes is 2. The van der Waals surface area contributed by atoms with E-state index in [0.717, 1.165) is 68.5 Å². The summed E-state index contributed by atoms with van der Waals surface area (Å²) < 4.78 is 6.18. The van der Waals surface area contributed by atoms with E-state index < -0.39 is 12.1 Å². The van der Waals surface area contributed by atoms with Crippen molar-refractivity contribution in [2.45, 2.75) is 63.5 Å². The fourth-order valence-electron chi connectivity index (χ4n) is 4.61. The summed E-state index contributed by atoms with van der Waals surface area (Å²) in [6, 6.07) is 19.0. The number of hydrogen-bond donors (Lipinski definition) is 2. The highest BCUT2D eigenvalue weighted by Crippen LogP contribution is 2.20. The Balaban J connectivity index is 1.50. The first kappa shape index (κ1) is 30.8. The van der Waals surface area contributed by atoms with Crippen molar-refractivity contribution in [1.29, 1.82) is 0 Å². The Kier molecular flexibility index (Phi) is 13.7. The Morgan fingerprint density at radius 3 is 2.35 bits per heavy atom. The molecule has 7 heteroatoms. The van der Waals surface area contributed by atoms with Crippen LogP contribution in [-0.2, 0) is 32.0 Å². The molecule has 0 heterocycles. The monoisotopic (exact) mass is 545 g/mol.